The minimum absolute atomic E-state index is 0.0495. The highest BCUT2D eigenvalue weighted by Crippen LogP contribution is 2.26. The standard InChI is InChI=1S/C14H12N2O3S/c1-20-13-9-5-3-7-11(13)15-14(17)10-6-2-4-8-12(10)16(18)19/h2-9H,1H3,(H,15,17). The lowest BCUT2D eigenvalue weighted by molar-refractivity contribution is -0.385. The van der Waals surface area contributed by atoms with Crippen LogP contribution in [0.25, 0.3) is 0 Å². The van der Waals surface area contributed by atoms with E-state index >= 15 is 0 Å². The van der Waals surface area contributed by atoms with Gasteiger partial charge >= 0.3 is 0 Å². The first-order chi connectivity index (χ1) is 9.63. The van der Waals surface area contributed by atoms with E-state index in [0.717, 1.165) is 4.90 Å². The van der Waals surface area contributed by atoms with Gasteiger partial charge in [-0.3, -0.25) is 14.9 Å². The van der Waals surface area contributed by atoms with E-state index in [1.807, 2.05) is 18.4 Å². The summed E-state index contributed by atoms with van der Waals surface area (Å²) < 4.78 is 0. The second kappa shape index (κ2) is 6.21. The lowest BCUT2D eigenvalue weighted by atomic mass is 10.1. The van der Waals surface area contributed by atoms with Crippen LogP contribution in [0.4, 0.5) is 11.4 Å². The van der Waals surface area contributed by atoms with Gasteiger partial charge in [0.05, 0.1) is 10.6 Å². The molecule has 0 unspecified atom stereocenters. The number of para-hydroxylation sites is 2. The van der Waals surface area contributed by atoms with Crippen LogP contribution in [0, 0.1) is 10.1 Å². The van der Waals surface area contributed by atoms with Gasteiger partial charge < -0.3 is 5.32 Å². The molecule has 0 aliphatic rings. The number of nitro groups is 1. The van der Waals surface area contributed by atoms with Crippen LogP contribution in [0.2, 0.25) is 0 Å². The van der Waals surface area contributed by atoms with Crippen molar-refractivity contribution in [3.05, 3.63) is 64.2 Å². The number of benzene rings is 2. The minimum atomic E-state index is -0.560. The molecule has 0 aliphatic heterocycles. The zero-order chi connectivity index (χ0) is 14.5. The van der Waals surface area contributed by atoms with Gasteiger partial charge in [0.25, 0.3) is 11.6 Å². The average Bonchev–Trinajstić information content (AvgIpc) is 2.47. The van der Waals surface area contributed by atoms with Crippen molar-refractivity contribution >= 4 is 29.0 Å². The molecule has 1 amide bonds. The quantitative estimate of drug-likeness (QED) is 0.530. The summed E-state index contributed by atoms with van der Waals surface area (Å²) in [4.78, 5) is 23.4. The molecule has 0 fully saturated rings. The largest absolute Gasteiger partial charge is 0.321 e. The molecular weight excluding hydrogens is 276 g/mol. The molecule has 0 bridgehead atoms. The van der Waals surface area contributed by atoms with Crippen molar-refractivity contribution in [3.8, 4) is 0 Å². The molecule has 0 saturated carbocycles. The minimum Gasteiger partial charge on any atom is -0.321 e. The number of nitrogens with zero attached hydrogens (tertiary/aromatic N) is 1. The van der Waals surface area contributed by atoms with Crippen molar-refractivity contribution < 1.29 is 9.72 Å². The fourth-order valence-electron chi connectivity index (χ4n) is 1.76. The molecule has 2 aromatic rings. The Morgan fingerprint density at radius 2 is 1.80 bits per heavy atom. The Bertz CT molecular complexity index is 658. The summed E-state index contributed by atoms with van der Waals surface area (Å²) in [6.45, 7) is 0. The summed E-state index contributed by atoms with van der Waals surface area (Å²) >= 11 is 1.49. The van der Waals surface area contributed by atoms with E-state index in [-0.39, 0.29) is 11.3 Å². The molecular formula is C14H12N2O3S. The molecule has 20 heavy (non-hydrogen) atoms. The SMILES string of the molecule is CSc1ccccc1NC(=O)c1ccccc1[N+](=O)[O-]. The van der Waals surface area contributed by atoms with Crippen molar-refractivity contribution in [3.63, 3.8) is 0 Å². The van der Waals surface area contributed by atoms with Crippen molar-refractivity contribution in [1.82, 2.24) is 0 Å². The molecule has 0 radical (unpaired) electrons. The Balaban J connectivity index is 2.31. The lowest BCUT2D eigenvalue weighted by Gasteiger charge is -2.09. The molecule has 0 atom stereocenters. The Hall–Kier alpha value is -2.34. The van der Waals surface area contributed by atoms with Crippen molar-refractivity contribution in [1.29, 1.82) is 0 Å². The van der Waals surface area contributed by atoms with Gasteiger partial charge in [0, 0.05) is 11.0 Å². The second-order valence-corrected chi connectivity index (χ2v) is 4.78. The third kappa shape index (κ3) is 2.97. The zero-order valence-electron chi connectivity index (χ0n) is 10.7. The molecule has 0 aromatic heterocycles. The summed E-state index contributed by atoms with van der Waals surface area (Å²) in [7, 11) is 0. The molecule has 0 spiro atoms. The van der Waals surface area contributed by atoms with Crippen LogP contribution in [0.1, 0.15) is 10.4 Å². The first kappa shape index (κ1) is 14.1. The predicted octanol–water partition coefficient (Wildman–Crippen LogP) is 3.57. The number of hydrogen-bond donors (Lipinski definition) is 1. The van der Waals surface area contributed by atoms with Gasteiger partial charge in [-0.05, 0) is 24.5 Å². The maximum Gasteiger partial charge on any atom is 0.282 e. The van der Waals surface area contributed by atoms with E-state index in [1.165, 1.54) is 30.0 Å². The predicted molar refractivity (Wildman–Crippen MR) is 79.3 cm³/mol. The maximum absolute atomic E-state index is 12.2. The van der Waals surface area contributed by atoms with Crippen LogP contribution < -0.4 is 5.32 Å². The van der Waals surface area contributed by atoms with E-state index in [2.05, 4.69) is 5.32 Å². The highest BCUT2D eigenvalue weighted by molar-refractivity contribution is 7.98. The Morgan fingerprint density at radius 3 is 2.50 bits per heavy atom. The van der Waals surface area contributed by atoms with Crippen molar-refractivity contribution in [2.24, 2.45) is 0 Å². The number of hydrogen-bond acceptors (Lipinski definition) is 4. The molecule has 0 saturated heterocycles. The highest BCUT2D eigenvalue weighted by atomic mass is 32.2. The van der Waals surface area contributed by atoms with Crippen LogP contribution in [-0.4, -0.2) is 17.1 Å². The molecule has 1 N–H and O–H groups in total. The Kier molecular flexibility index (Phi) is 4.37. The number of carbonyl (C=O) groups is 1. The van der Waals surface area contributed by atoms with Gasteiger partial charge in [0.1, 0.15) is 5.56 Å². The highest BCUT2D eigenvalue weighted by Gasteiger charge is 2.19. The topological polar surface area (TPSA) is 72.2 Å². The van der Waals surface area contributed by atoms with E-state index in [1.54, 1.807) is 18.2 Å². The molecule has 0 heterocycles. The summed E-state index contributed by atoms with van der Waals surface area (Å²) in [5.74, 6) is -0.487. The molecule has 2 aromatic carbocycles. The summed E-state index contributed by atoms with van der Waals surface area (Å²) in [6, 6.07) is 13.2. The molecule has 5 nitrogen and oxygen atoms in total. The number of nitro benzene ring substituents is 1. The summed E-state index contributed by atoms with van der Waals surface area (Å²) in [5, 5.41) is 13.6. The van der Waals surface area contributed by atoms with E-state index in [4.69, 9.17) is 0 Å². The van der Waals surface area contributed by atoms with Crippen LogP contribution in [0.3, 0.4) is 0 Å². The Labute approximate surface area is 120 Å². The van der Waals surface area contributed by atoms with E-state index < -0.39 is 10.8 Å². The van der Waals surface area contributed by atoms with Gasteiger partial charge in [-0.25, -0.2) is 0 Å². The van der Waals surface area contributed by atoms with Crippen LogP contribution >= 0.6 is 11.8 Å². The molecule has 6 heteroatoms. The number of carbonyl (C=O) groups excluding carboxylic acids is 1. The third-order valence-electron chi connectivity index (χ3n) is 2.70. The Morgan fingerprint density at radius 1 is 1.15 bits per heavy atom. The fourth-order valence-corrected chi connectivity index (χ4v) is 2.32. The number of thioether (sulfide) groups is 1. The van der Waals surface area contributed by atoms with E-state index in [0.29, 0.717) is 5.69 Å². The first-order valence-corrected chi connectivity index (χ1v) is 7.03. The zero-order valence-corrected chi connectivity index (χ0v) is 11.5. The van der Waals surface area contributed by atoms with Gasteiger partial charge in [-0.1, -0.05) is 24.3 Å². The van der Waals surface area contributed by atoms with Gasteiger partial charge in [0.2, 0.25) is 0 Å². The number of nitrogens with one attached hydrogen (secondary N) is 1. The average molecular weight is 288 g/mol. The number of anilines is 1. The summed E-state index contributed by atoms with van der Waals surface area (Å²) in [5.41, 5.74) is 0.489. The van der Waals surface area contributed by atoms with Crippen LogP contribution in [0.15, 0.2) is 53.4 Å². The van der Waals surface area contributed by atoms with Gasteiger partial charge in [0.15, 0.2) is 0 Å². The van der Waals surface area contributed by atoms with Gasteiger partial charge in [-0.15, -0.1) is 11.8 Å². The second-order valence-electron chi connectivity index (χ2n) is 3.93. The van der Waals surface area contributed by atoms with E-state index in [9.17, 15) is 14.9 Å². The number of rotatable bonds is 4. The van der Waals surface area contributed by atoms with Crippen molar-refractivity contribution in [2.75, 3.05) is 11.6 Å². The molecule has 2 rings (SSSR count). The lowest BCUT2D eigenvalue weighted by Crippen LogP contribution is -2.14. The fraction of sp³-hybridized carbons (Fsp3) is 0.0714. The monoisotopic (exact) mass is 288 g/mol. The maximum atomic E-state index is 12.2. The normalized spacial score (nSPS) is 10.1. The van der Waals surface area contributed by atoms with Crippen molar-refractivity contribution in [2.45, 2.75) is 4.90 Å². The third-order valence-corrected chi connectivity index (χ3v) is 3.50. The molecule has 102 valence electrons. The van der Waals surface area contributed by atoms with Gasteiger partial charge in [-0.2, -0.15) is 0 Å². The van der Waals surface area contributed by atoms with Crippen LogP contribution in [-0.2, 0) is 0 Å². The molecule has 0 aliphatic carbocycles. The number of amides is 1. The van der Waals surface area contributed by atoms with Crippen LogP contribution in [0.5, 0.6) is 0 Å². The summed E-state index contributed by atoms with van der Waals surface area (Å²) in [6.07, 6.45) is 1.90. The smallest absolute Gasteiger partial charge is 0.282 e. The first-order valence-electron chi connectivity index (χ1n) is 5.81.